The van der Waals surface area contributed by atoms with Gasteiger partial charge in [-0.1, -0.05) is 18.6 Å². The lowest BCUT2D eigenvalue weighted by molar-refractivity contribution is -0.130. The van der Waals surface area contributed by atoms with Gasteiger partial charge in [-0.2, -0.15) is 0 Å². The van der Waals surface area contributed by atoms with Gasteiger partial charge in [0, 0.05) is 31.3 Å². The Bertz CT molecular complexity index is 736. The molecule has 1 saturated heterocycles. The van der Waals surface area contributed by atoms with Crippen LogP contribution in [0.25, 0.3) is 5.57 Å². The molecule has 0 N–H and O–H groups in total. The zero-order valence-electron chi connectivity index (χ0n) is 14.0. The monoisotopic (exact) mass is 344 g/mol. The van der Waals surface area contributed by atoms with Crippen molar-refractivity contribution < 1.29 is 18.7 Å². The van der Waals surface area contributed by atoms with Crippen molar-refractivity contribution in [3.63, 3.8) is 0 Å². The number of nitrogens with zero attached hydrogens (tertiary/aromatic N) is 2. The Kier molecular flexibility index (Phi) is 4.29. The van der Waals surface area contributed by atoms with Crippen molar-refractivity contribution in [2.45, 2.75) is 19.3 Å². The second kappa shape index (κ2) is 6.59. The fraction of sp³-hybridized carbons (Fsp3) is 0.474. The maximum absolute atomic E-state index is 14.4. The number of amides is 2. The largest absolute Gasteiger partial charge is 0.378 e. The summed E-state index contributed by atoms with van der Waals surface area (Å²) in [6, 6.07) is 4.67. The van der Waals surface area contributed by atoms with Gasteiger partial charge in [0.15, 0.2) is 0 Å². The fourth-order valence-electron chi connectivity index (χ4n) is 3.61. The number of para-hydroxylation sites is 1. The van der Waals surface area contributed by atoms with Gasteiger partial charge in [0.2, 0.25) is 5.91 Å². The topological polar surface area (TPSA) is 49.9 Å². The van der Waals surface area contributed by atoms with Gasteiger partial charge >= 0.3 is 0 Å². The lowest BCUT2D eigenvalue weighted by atomic mass is 9.85. The maximum atomic E-state index is 14.4. The Labute approximate surface area is 146 Å². The van der Waals surface area contributed by atoms with Gasteiger partial charge in [0.25, 0.3) is 5.91 Å². The van der Waals surface area contributed by atoms with Crippen LogP contribution in [0.1, 0.15) is 24.8 Å². The zero-order valence-corrected chi connectivity index (χ0v) is 14.0. The van der Waals surface area contributed by atoms with Crippen molar-refractivity contribution >= 4 is 23.1 Å². The Balaban J connectivity index is 1.66. The molecule has 2 fully saturated rings. The molecule has 1 aromatic rings. The lowest BCUT2D eigenvalue weighted by Gasteiger charge is -2.30. The third-order valence-electron chi connectivity index (χ3n) is 5.28. The summed E-state index contributed by atoms with van der Waals surface area (Å²) < 4.78 is 19.7. The molecule has 3 aliphatic rings. The zero-order chi connectivity index (χ0) is 17.4. The first kappa shape index (κ1) is 16.3. The summed E-state index contributed by atoms with van der Waals surface area (Å²) in [6.45, 7) is 2.55. The summed E-state index contributed by atoms with van der Waals surface area (Å²) in [4.78, 5) is 28.6. The van der Waals surface area contributed by atoms with Crippen LogP contribution in [-0.4, -0.2) is 49.6 Å². The molecular weight excluding hydrogens is 323 g/mol. The van der Waals surface area contributed by atoms with E-state index in [1.807, 2.05) is 0 Å². The Morgan fingerprint density at radius 2 is 2.04 bits per heavy atom. The van der Waals surface area contributed by atoms with Crippen LogP contribution >= 0.6 is 0 Å². The fourth-order valence-corrected chi connectivity index (χ4v) is 3.61. The molecule has 1 aromatic carbocycles. The molecule has 2 aliphatic heterocycles. The van der Waals surface area contributed by atoms with Crippen LogP contribution in [-0.2, 0) is 14.3 Å². The number of carbonyl (C=O) groups excluding carboxylic acids is 2. The number of fused-ring (bicyclic) bond motifs is 1. The number of carbonyl (C=O) groups is 2. The van der Waals surface area contributed by atoms with Crippen molar-refractivity contribution in [3.8, 4) is 0 Å². The molecule has 0 spiro atoms. The van der Waals surface area contributed by atoms with E-state index in [0.717, 1.165) is 19.3 Å². The molecule has 1 aliphatic carbocycles. The van der Waals surface area contributed by atoms with E-state index in [4.69, 9.17) is 4.74 Å². The molecule has 5 nitrogen and oxygen atoms in total. The summed E-state index contributed by atoms with van der Waals surface area (Å²) in [7, 11) is 0. The molecule has 132 valence electrons. The van der Waals surface area contributed by atoms with Crippen LogP contribution in [0.15, 0.2) is 24.3 Å². The minimum Gasteiger partial charge on any atom is -0.378 e. The maximum Gasteiger partial charge on any atom is 0.259 e. The highest BCUT2D eigenvalue weighted by Crippen LogP contribution is 2.41. The van der Waals surface area contributed by atoms with Gasteiger partial charge < -0.3 is 14.5 Å². The first-order valence-electron chi connectivity index (χ1n) is 8.84. The van der Waals surface area contributed by atoms with Crippen LogP contribution in [0.2, 0.25) is 0 Å². The van der Waals surface area contributed by atoms with Crippen molar-refractivity contribution in [1.29, 1.82) is 0 Å². The molecule has 2 amide bonds. The van der Waals surface area contributed by atoms with Gasteiger partial charge in [0.1, 0.15) is 5.82 Å². The van der Waals surface area contributed by atoms with Gasteiger partial charge in [-0.25, -0.2) is 4.39 Å². The number of rotatable bonds is 3. The van der Waals surface area contributed by atoms with Crippen molar-refractivity contribution in [2.24, 2.45) is 5.92 Å². The molecule has 0 bridgehead atoms. The van der Waals surface area contributed by atoms with Crippen molar-refractivity contribution in [1.82, 2.24) is 4.90 Å². The Hall–Kier alpha value is -2.21. The van der Waals surface area contributed by atoms with Crippen molar-refractivity contribution in [2.75, 3.05) is 37.7 Å². The predicted molar refractivity (Wildman–Crippen MR) is 91.5 cm³/mol. The number of ether oxygens (including phenoxy) is 1. The summed E-state index contributed by atoms with van der Waals surface area (Å²) in [5.74, 6) is -0.473. The highest BCUT2D eigenvalue weighted by Gasteiger charge is 2.37. The molecule has 0 radical (unpaired) electrons. The van der Waals surface area contributed by atoms with E-state index in [1.54, 1.807) is 17.0 Å². The molecule has 2 heterocycles. The quantitative estimate of drug-likeness (QED) is 0.790. The number of hydrogen-bond donors (Lipinski definition) is 0. The molecule has 25 heavy (non-hydrogen) atoms. The molecule has 4 rings (SSSR count). The number of morpholine rings is 1. The number of benzene rings is 1. The van der Waals surface area contributed by atoms with E-state index in [9.17, 15) is 14.0 Å². The third-order valence-corrected chi connectivity index (χ3v) is 5.28. The Morgan fingerprint density at radius 3 is 2.72 bits per heavy atom. The minimum atomic E-state index is -0.410. The summed E-state index contributed by atoms with van der Waals surface area (Å²) >= 11 is 0. The van der Waals surface area contributed by atoms with Gasteiger partial charge in [-0.05, 0) is 24.8 Å². The van der Waals surface area contributed by atoms with E-state index >= 15 is 0 Å². The van der Waals surface area contributed by atoms with Crippen LogP contribution in [0, 0.1) is 11.7 Å². The van der Waals surface area contributed by atoms with Crippen LogP contribution < -0.4 is 4.90 Å². The van der Waals surface area contributed by atoms with Gasteiger partial charge in [-0.15, -0.1) is 0 Å². The molecule has 1 saturated carbocycles. The SMILES string of the molecule is O=C(C=C1C(=O)N(CC2CCC2)c2c(F)cccc21)N1CCOCC1. The normalized spacial score (nSPS) is 22.3. The molecule has 0 unspecified atom stereocenters. The second-order valence-electron chi connectivity index (χ2n) is 6.84. The van der Waals surface area contributed by atoms with Crippen LogP contribution in [0.5, 0.6) is 0 Å². The highest BCUT2D eigenvalue weighted by atomic mass is 19.1. The third kappa shape index (κ3) is 2.95. The summed E-state index contributed by atoms with van der Waals surface area (Å²) in [5, 5.41) is 0. The first-order valence-corrected chi connectivity index (χ1v) is 8.84. The second-order valence-corrected chi connectivity index (χ2v) is 6.84. The van der Waals surface area contributed by atoms with Crippen LogP contribution in [0.3, 0.4) is 0 Å². The van der Waals surface area contributed by atoms with E-state index < -0.39 is 5.82 Å². The number of hydrogen-bond acceptors (Lipinski definition) is 3. The van der Waals surface area contributed by atoms with E-state index in [0.29, 0.717) is 55.6 Å². The summed E-state index contributed by atoms with van der Waals surface area (Å²) in [6.07, 6.45) is 4.67. The summed E-state index contributed by atoms with van der Waals surface area (Å²) in [5.41, 5.74) is 1.14. The average molecular weight is 344 g/mol. The number of anilines is 1. The number of halogens is 1. The average Bonchev–Trinajstić information content (AvgIpc) is 2.85. The highest BCUT2D eigenvalue weighted by molar-refractivity contribution is 6.34. The van der Waals surface area contributed by atoms with E-state index in [1.165, 1.54) is 17.0 Å². The van der Waals surface area contributed by atoms with Gasteiger partial charge in [-0.3, -0.25) is 9.59 Å². The van der Waals surface area contributed by atoms with E-state index in [2.05, 4.69) is 0 Å². The van der Waals surface area contributed by atoms with Gasteiger partial charge in [0.05, 0.1) is 24.5 Å². The molecule has 0 aromatic heterocycles. The lowest BCUT2D eigenvalue weighted by Crippen LogP contribution is -2.40. The predicted octanol–water partition coefficient (Wildman–Crippen LogP) is 2.21. The standard InChI is InChI=1S/C19H21FN2O3/c20-16-6-2-5-14-15(11-17(23)21-7-9-25-10-8-21)19(24)22(18(14)16)12-13-3-1-4-13/h2,5-6,11,13H,1,3-4,7-10,12H2. The molecular formula is C19H21FN2O3. The minimum absolute atomic E-state index is 0.215. The smallest absolute Gasteiger partial charge is 0.259 e. The van der Waals surface area contributed by atoms with Crippen molar-refractivity contribution in [3.05, 3.63) is 35.7 Å². The van der Waals surface area contributed by atoms with Crippen LogP contribution in [0.4, 0.5) is 10.1 Å². The molecule has 6 heteroatoms. The Morgan fingerprint density at radius 1 is 1.28 bits per heavy atom. The van der Waals surface area contributed by atoms with E-state index in [-0.39, 0.29) is 11.8 Å². The molecule has 0 atom stereocenters. The first-order chi connectivity index (χ1) is 12.1.